The van der Waals surface area contributed by atoms with E-state index < -0.39 is 0 Å². The lowest BCUT2D eigenvalue weighted by Gasteiger charge is -2.45. The molecule has 0 unspecified atom stereocenters. The Bertz CT molecular complexity index is 482. The van der Waals surface area contributed by atoms with Crippen molar-refractivity contribution in [2.75, 3.05) is 26.1 Å². The second-order valence-corrected chi connectivity index (χ2v) is 7.19. The molecule has 0 aromatic heterocycles. The summed E-state index contributed by atoms with van der Waals surface area (Å²) in [5.74, 6) is 2.90. The van der Waals surface area contributed by atoms with Gasteiger partial charge in [0.2, 0.25) is 0 Å². The first-order chi connectivity index (χ1) is 10.7. The number of methoxy groups -OCH3 is 2. The van der Waals surface area contributed by atoms with E-state index in [1.807, 2.05) is 0 Å². The van der Waals surface area contributed by atoms with Gasteiger partial charge in [0.05, 0.1) is 0 Å². The van der Waals surface area contributed by atoms with E-state index in [9.17, 15) is 0 Å². The Morgan fingerprint density at radius 3 is 2.41 bits per heavy atom. The fourth-order valence-corrected chi connectivity index (χ4v) is 4.22. The van der Waals surface area contributed by atoms with E-state index in [4.69, 9.17) is 9.47 Å². The van der Waals surface area contributed by atoms with Gasteiger partial charge in [-0.25, -0.2) is 0 Å². The summed E-state index contributed by atoms with van der Waals surface area (Å²) < 4.78 is 10.7. The van der Waals surface area contributed by atoms with E-state index in [1.54, 1.807) is 14.2 Å². The quantitative estimate of drug-likeness (QED) is 0.772. The first-order valence-corrected chi connectivity index (χ1v) is 8.57. The molecule has 2 bridgehead atoms. The van der Waals surface area contributed by atoms with Gasteiger partial charge in [0.25, 0.3) is 0 Å². The number of anilines is 1. The summed E-state index contributed by atoms with van der Waals surface area (Å²) in [4.78, 5) is 0. The molecule has 22 heavy (non-hydrogen) atoms. The maximum absolute atomic E-state index is 5.36. The monoisotopic (exact) mass is 303 g/mol. The number of hydrogen-bond donors (Lipinski definition) is 1. The normalized spacial score (nSPS) is 26.8. The van der Waals surface area contributed by atoms with Gasteiger partial charge in [0.1, 0.15) is 0 Å². The summed E-state index contributed by atoms with van der Waals surface area (Å²) in [5.41, 5.74) is 3.81. The third-order valence-electron chi connectivity index (χ3n) is 5.42. The molecule has 0 amide bonds. The van der Waals surface area contributed by atoms with Crippen LogP contribution in [0.15, 0.2) is 18.2 Å². The van der Waals surface area contributed by atoms with Gasteiger partial charge < -0.3 is 14.8 Å². The Hall–Kier alpha value is -1.06. The summed E-state index contributed by atoms with van der Waals surface area (Å²) in [5, 5.41) is 3.69. The van der Waals surface area contributed by atoms with E-state index in [-0.39, 0.29) is 6.29 Å². The van der Waals surface area contributed by atoms with Gasteiger partial charge in [0, 0.05) is 32.9 Å². The van der Waals surface area contributed by atoms with Gasteiger partial charge in [-0.05, 0) is 62.0 Å². The van der Waals surface area contributed by atoms with Crippen molar-refractivity contribution in [1.82, 2.24) is 0 Å². The maximum Gasteiger partial charge on any atom is 0.160 e. The molecule has 4 rings (SSSR count). The molecule has 3 fully saturated rings. The Kier molecular flexibility index (Phi) is 5.04. The molecule has 3 heteroatoms. The minimum atomic E-state index is -0.176. The third kappa shape index (κ3) is 3.64. The zero-order chi connectivity index (χ0) is 15.5. The molecule has 1 aromatic rings. The molecule has 0 radical (unpaired) electrons. The van der Waals surface area contributed by atoms with Crippen molar-refractivity contribution < 1.29 is 9.47 Å². The van der Waals surface area contributed by atoms with E-state index in [0.717, 1.165) is 30.7 Å². The van der Waals surface area contributed by atoms with Crippen molar-refractivity contribution in [2.24, 2.45) is 17.8 Å². The molecule has 1 N–H and O–H groups in total. The van der Waals surface area contributed by atoms with E-state index in [2.05, 4.69) is 30.4 Å². The second kappa shape index (κ2) is 7.01. The lowest BCUT2D eigenvalue weighted by Crippen LogP contribution is -2.36. The van der Waals surface area contributed by atoms with Crippen LogP contribution in [-0.4, -0.2) is 27.1 Å². The molecule has 0 spiro atoms. The van der Waals surface area contributed by atoms with Gasteiger partial charge >= 0.3 is 0 Å². The van der Waals surface area contributed by atoms with Crippen molar-refractivity contribution in [3.05, 3.63) is 29.3 Å². The Balaban J connectivity index is 1.61. The second-order valence-electron chi connectivity index (χ2n) is 7.19. The van der Waals surface area contributed by atoms with Crippen LogP contribution in [-0.2, 0) is 15.9 Å². The van der Waals surface area contributed by atoms with Crippen LogP contribution in [0.1, 0.15) is 36.8 Å². The summed E-state index contributed by atoms with van der Waals surface area (Å²) in [7, 11) is 3.40. The standard InChI is InChI=1S/C19H29NO2/c1-13-4-5-18(17(6-13)11-19(21-2)22-3)20-12-16-9-14-7-15(8-14)10-16/h4-6,14-16,19-20H,7-12H2,1-3H3. The molecule has 3 saturated carbocycles. The van der Waals surface area contributed by atoms with Crippen LogP contribution in [0.5, 0.6) is 0 Å². The molecule has 3 aliphatic rings. The molecule has 3 nitrogen and oxygen atoms in total. The molecule has 0 heterocycles. The molecular weight excluding hydrogens is 274 g/mol. The number of ether oxygens (including phenoxy) is 2. The minimum absolute atomic E-state index is 0.176. The molecule has 0 atom stereocenters. The van der Waals surface area contributed by atoms with Crippen LogP contribution < -0.4 is 5.32 Å². The van der Waals surface area contributed by atoms with Gasteiger partial charge in [-0.1, -0.05) is 17.7 Å². The van der Waals surface area contributed by atoms with E-state index >= 15 is 0 Å². The van der Waals surface area contributed by atoms with Crippen molar-refractivity contribution in [3.8, 4) is 0 Å². The highest BCUT2D eigenvalue weighted by Crippen LogP contribution is 2.48. The Morgan fingerprint density at radius 2 is 1.77 bits per heavy atom. The van der Waals surface area contributed by atoms with Crippen molar-refractivity contribution >= 4 is 5.69 Å². The zero-order valence-corrected chi connectivity index (χ0v) is 14.1. The number of fused-ring (bicyclic) bond motifs is 2. The fraction of sp³-hybridized carbons (Fsp3) is 0.684. The lowest BCUT2D eigenvalue weighted by atomic mass is 9.61. The van der Waals surface area contributed by atoms with Crippen LogP contribution in [0.4, 0.5) is 5.69 Å². The molecular formula is C19H29NO2. The van der Waals surface area contributed by atoms with Crippen LogP contribution >= 0.6 is 0 Å². The largest absolute Gasteiger partial charge is 0.385 e. The lowest BCUT2D eigenvalue weighted by molar-refractivity contribution is -0.100. The maximum atomic E-state index is 5.36. The Morgan fingerprint density at radius 1 is 1.09 bits per heavy atom. The zero-order valence-electron chi connectivity index (χ0n) is 14.1. The topological polar surface area (TPSA) is 30.5 Å². The van der Waals surface area contributed by atoms with Crippen molar-refractivity contribution in [3.63, 3.8) is 0 Å². The summed E-state index contributed by atoms with van der Waals surface area (Å²) in [6, 6.07) is 6.63. The van der Waals surface area contributed by atoms with Gasteiger partial charge in [-0.15, -0.1) is 0 Å². The van der Waals surface area contributed by atoms with E-state index in [1.165, 1.54) is 42.5 Å². The van der Waals surface area contributed by atoms with E-state index in [0.29, 0.717) is 0 Å². The summed E-state index contributed by atoms with van der Waals surface area (Å²) >= 11 is 0. The van der Waals surface area contributed by atoms with Gasteiger partial charge in [-0.3, -0.25) is 0 Å². The predicted octanol–water partition coefficient (Wildman–Crippen LogP) is 4.00. The highest BCUT2D eigenvalue weighted by Gasteiger charge is 2.37. The first kappa shape index (κ1) is 15.8. The fourth-order valence-electron chi connectivity index (χ4n) is 4.22. The van der Waals surface area contributed by atoms with Gasteiger partial charge in [-0.2, -0.15) is 0 Å². The van der Waals surface area contributed by atoms with Crippen LogP contribution in [0.2, 0.25) is 0 Å². The van der Waals surface area contributed by atoms with Gasteiger partial charge in [0.15, 0.2) is 6.29 Å². The number of nitrogens with one attached hydrogen (secondary N) is 1. The number of benzene rings is 1. The van der Waals surface area contributed by atoms with Crippen LogP contribution in [0.25, 0.3) is 0 Å². The van der Waals surface area contributed by atoms with Crippen molar-refractivity contribution in [1.29, 1.82) is 0 Å². The minimum Gasteiger partial charge on any atom is -0.385 e. The average molecular weight is 303 g/mol. The highest BCUT2D eigenvalue weighted by molar-refractivity contribution is 5.53. The molecule has 0 saturated heterocycles. The number of aryl methyl sites for hydroxylation is 1. The third-order valence-corrected chi connectivity index (χ3v) is 5.42. The molecule has 1 aromatic carbocycles. The van der Waals surface area contributed by atoms with Crippen LogP contribution in [0, 0.1) is 24.7 Å². The van der Waals surface area contributed by atoms with Crippen molar-refractivity contribution in [2.45, 2.75) is 45.3 Å². The highest BCUT2D eigenvalue weighted by atomic mass is 16.7. The summed E-state index contributed by atoms with van der Waals surface area (Å²) in [6.45, 7) is 3.24. The Labute approximate surface area is 134 Å². The number of hydrogen-bond acceptors (Lipinski definition) is 3. The summed E-state index contributed by atoms with van der Waals surface area (Å²) in [6.07, 6.45) is 6.44. The molecule has 122 valence electrons. The number of rotatable bonds is 7. The average Bonchev–Trinajstić information content (AvgIpc) is 2.51. The molecule has 3 aliphatic carbocycles. The smallest absolute Gasteiger partial charge is 0.160 e. The molecule has 0 aliphatic heterocycles. The predicted molar refractivity (Wildman–Crippen MR) is 90.1 cm³/mol. The SMILES string of the molecule is COC(Cc1cc(C)ccc1NCC1CC2CC(C1)C2)OC. The van der Waals surface area contributed by atoms with Crippen LogP contribution in [0.3, 0.4) is 0 Å². The first-order valence-electron chi connectivity index (χ1n) is 8.57.